The fourth-order valence-electron chi connectivity index (χ4n) is 4.29. The van der Waals surface area contributed by atoms with Gasteiger partial charge in [-0.2, -0.15) is 0 Å². The maximum absolute atomic E-state index is 12.7. The van der Waals surface area contributed by atoms with Crippen molar-refractivity contribution in [3.05, 3.63) is 89.5 Å². The van der Waals surface area contributed by atoms with Crippen LogP contribution in [0.15, 0.2) is 72.8 Å². The molecule has 1 unspecified atom stereocenters. The summed E-state index contributed by atoms with van der Waals surface area (Å²) in [5.74, 6) is 0.712. The average molecular weight is 418 g/mol. The molecule has 0 fully saturated rings. The summed E-state index contributed by atoms with van der Waals surface area (Å²) in [6.45, 7) is 1.80. The molecule has 3 aromatic carbocycles. The molecule has 0 spiro atoms. The van der Waals surface area contributed by atoms with Crippen LogP contribution in [0.1, 0.15) is 29.5 Å². The van der Waals surface area contributed by atoms with Crippen LogP contribution in [0.2, 0.25) is 0 Å². The second-order valence-electron chi connectivity index (χ2n) is 8.16. The van der Waals surface area contributed by atoms with E-state index in [4.69, 9.17) is 9.47 Å². The van der Waals surface area contributed by atoms with Gasteiger partial charge in [-0.05, 0) is 40.8 Å². The number of ether oxygens (including phenoxy) is 2. The number of nitrogens with one attached hydrogen (secondary N) is 1. The van der Waals surface area contributed by atoms with Crippen LogP contribution in [-0.2, 0) is 11.2 Å². The zero-order valence-electron chi connectivity index (χ0n) is 17.8. The zero-order chi connectivity index (χ0) is 21.8. The monoisotopic (exact) mass is 417 g/mol. The first-order valence-electron chi connectivity index (χ1n) is 10.4. The van der Waals surface area contributed by atoms with Gasteiger partial charge in [-0.3, -0.25) is 0 Å². The Bertz CT molecular complexity index is 1030. The van der Waals surface area contributed by atoms with Crippen molar-refractivity contribution in [3.8, 4) is 16.9 Å². The van der Waals surface area contributed by atoms with E-state index in [-0.39, 0.29) is 19.1 Å². The summed E-state index contributed by atoms with van der Waals surface area (Å²) >= 11 is 0. The van der Waals surface area contributed by atoms with Gasteiger partial charge in [-0.1, -0.05) is 66.7 Å². The van der Waals surface area contributed by atoms with Crippen LogP contribution >= 0.6 is 0 Å². The summed E-state index contributed by atoms with van der Waals surface area (Å²) in [7, 11) is 1.61. The van der Waals surface area contributed by atoms with Gasteiger partial charge in [-0.25, -0.2) is 4.79 Å². The van der Waals surface area contributed by atoms with E-state index in [1.807, 2.05) is 48.5 Å². The standard InChI is InChI=1S/C26H27NO4/c1-26(17-28,15-18-9-3-8-14-24(18)30-2)27-25(29)31-16-23-21-12-6-4-10-19(21)20-11-5-7-13-22(20)23/h3-14,23,28H,15-17H2,1-2H3,(H,27,29). The predicted octanol–water partition coefficient (Wildman–Crippen LogP) is 4.53. The summed E-state index contributed by atoms with van der Waals surface area (Å²) < 4.78 is 11.0. The molecule has 1 atom stereocenters. The highest BCUT2D eigenvalue weighted by atomic mass is 16.5. The molecule has 1 amide bonds. The lowest BCUT2D eigenvalue weighted by Crippen LogP contribution is -2.51. The normalized spacial score (nSPS) is 14.3. The van der Waals surface area contributed by atoms with Gasteiger partial charge < -0.3 is 19.9 Å². The number of hydrogen-bond donors (Lipinski definition) is 2. The molecule has 0 radical (unpaired) electrons. The molecule has 31 heavy (non-hydrogen) atoms. The minimum Gasteiger partial charge on any atom is -0.496 e. The van der Waals surface area contributed by atoms with Gasteiger partial charge in [0, 0.05) is 12.3 Å². The van der Waals surface area contributed by atoms with E-state index in [1.54, 1.807) is 14.0 Å². The Kier molecular flexibility index (Phi) is 5.96. The van der Waals surface area contributed by atoms with E-state index >= 15 is 0 Å². The number of aliphatic hydroxyl groups excluding tert-OH is 1. The number of amides is 1. The molecule has 0 saturated carbocycles. The highest BCUT2D eigenvalue weighted by Crippen LogP contribution is 2.44. The summed E-state index contributed by atoms with van der Waals surface area (Å²) in [4.78, 5) is 12.7. The van der Waals surface area contributed by atoms with Crippen LogP contribution in [-0.4, -0.2) is 37.1 Å². The number of carbonyl (C=O) groups excluding carboxylic acids is 1. The first-order chi connectivity index (χ1) is 15.0. The molecule has 5 nitrogen and oxygen atoms in total. The van der Waals surface area contributed by atoms with Crippen LogP contribution < -0.4 is 10.1 Å². The quantitative estimate of drug-likeness (QED) is 0.593. The fourth-order valence-corrected chi connectivity index (χ4v) is 4.29. The maximum Gasteiger partial charge on any atom is 0.407 e. The molecule has 0 bridgehead atoms. The number of benzene rings is 3. The van der Waals surface area contributed by atoms with Crippen molar-refractivity contribution in [1.29, 1.82) is 0 Å². The topological polar surface area (TPSA) is 67.8 Å². The fraction of sp³-hybridized carbons (Fsp3) is 0.269. The molecule has 0 aromatic heterocycles. The van der Waals surface area contributed by atoms with E-state index in [2.05, 4.69) is 29.6 Å². The number of hydrogen-bond acceptors (Lipinski definition) is 4. The molecule has 4 rings (SSSR count). The van der Waals surface area contributed by atoms with Crippen molar-refractivity contribution in [2.24, 2.45) is 0 Å². The lowest BCUT2D eigenvalue weighted by Gasteiger charge is -2.29. The largest absolute Gasteiger partial charge is 0.496 e. The smallest absolute Gasteiger partial charge is 0.407 e. The van der Waals surface area contributed by atoms with Gasteiger partial charge >= 0.3 is 6.09 Å². The van der Waals surface area contributed by atoms with E-state index in [9.17, 15) is 9.90 Å². The summed E-state index contributed by atoms with van der Waals surface area (Å²) in [6, 6.07) is 24.0. The third-order valence-corrected chi connectivity index (χ3v) is 5.87. The third kappa shape index (κ3) is 4.28. The van der Waals surface area contributed by atoms with Crippen LogP contribution in [0, 0.1) is 0 Å². The number of fused-ring (bicyclic) bond motifs is 3. The summed E-state index contributed by atoms with van der Waals surface area (Å²) in [5.41, 5.74) is 4.72. The van der Waals surface area contributed by atoms with Crippen LogP contribution in [0.25, 0.3) is 11.1 Å². The molecular formula is C26H27NO4. The first kappa shape index (κ1) is 20.9. The van der Waals surface area contributed by atoms with Gasteiger partial charge in [0.05, 0.1) is 19.3 Å². The van der Waals surface area contributed by atoms with Gasteiger partial charge in [0.1, 0.15) is 12.4 Å². The Morgan fingerprint density at radius 1 is 0.968 bits per heavy atom. The molecule has 5 heteroatoms. The number of rotatable bonds is 7. The van der Waals surface area contributed by atoms with Gasteiger partial charge in [-0.15, -0.1) is 0 Å². The number of methoxy groups -OCH3 is 1. The Balaban J connectivity index is 1.45. The zero-order valence-corrected chi connectivity index (χ0v) is 17.8. The predicted molar refractivity (Wildman–Crippen MR) is 120 cm³/mol. The molecule has 0 heterocycles. The van der Waals surface area contributed by atoms with E-state index in [0.29, 0.717) is 6.42 Å². The van der Waals surface area contributed by atoms with E-state index in [0.717, 1.165) is 22.4 Å². The maximum atomic E-state index is 12.7. The lowest BCUT2D eigenvalue weighted by atomic mass is 9.93. The Morgan fingerprint density at radius 2 is 1.55 bits per heavy atom. The Hall–Kier alpha value is -3.31. The minimum absolute atomic E-state index is 0.00671. The molecule has 160 valence electrons. The Labute approximate surface area is 182 Å². The molecule has 0 saturated heterocycles. The molecule has 1 aliphatic carbocycles. The van der Waals surface area contributed by atoms with E-state index < -0.39 is 11.6 Å². The van der Waals surface area contributed by atoms with Crippen molar-refractivity contribution in [2.75, 3.05) is 20.3 Å². The van der Waals surface area contributed by atoms with Gasteiger partial charge in [0.25, 0.3) is 0 Å². The second kappa shape index (κ2) is 8.82. The SMILES string of the molecule is COc1ccccc1CC(C)(CO)NC(=O)OCC1c2ccccc2-c2ccccc21. The molecule has 1 aliphatic rings. The van der Waals surface area contributed by atoms with Crippen LogP contribution in [0.4, 0.5) is 4.79 Å². The number of aliphatic hydroxyl groups is 1. The summed E-state index contributed by atoms with van der Waals surface area (Å²) in [6.07, 6.45) is -0.133. The number of carbonyl (C=O) groups is 1. The van der Waals surface area contributed by atoms with Crippen LogP contribution in [0.3, 0.4) is 0 Å². The van der Waals surface area contributed by atoms with Crippen molar-refractivity contribution < 1.29 is 19.4 Å². The average Bonchev–Trinajstić information content (AvgIpc) is 3.12. The Morgan fingerprint density at radius 3 is 2.16 bits per heavy atom. The van der Waals surface area contributed by atoms with E-state index in [1.165, 1.54) is 11.1 Å². The van der Waals surface area contributed by atoms with Crippen molar-refractivity contribution >= 4 is 6.09 Å². The number of para-hydroxylation sites is 1. The number of alkyl carbamates (subject to hydrolysis) is 1. The molecule has 2 N–H and O–H groups in total. The van der Waals surface area contributed by atoms with Gasteiger partial charge in [0.15, 0.2) is 0 Å². The van der Waals surface area contributed by atoms with Crippen molar-refractivity contribution in [3.63, 3.8) is 0 Å². The third-order valence-electron chi connectivity index (χ3n) is 5.87. The van der Waals surface area contributed by atoms with Crippen molar-refractivity contribution in [2.45, 2.75) is 24.8 Å². The van der Waals surface area contributed by atoms with Crippen LogP contribution in [0.5, 0.6) is 5.75 Å². The van der Waals surface area contributed by atoms with Crippen molar-refractivity contribution in [1.82, 2.24) is 5.32 Å². The lowest BCUT2D eigenvalue weighted by molar-refractivity contribution is 0.114. The molecule has 0 aliphatic heterocycles. The minimum atomic E-state index is -0.878. The van der Waals surface area contributed by atoms with Gasteiger partial charge in [0.2, 0.25) is 0 Å². The highest BCUT2D eigenvalue weighted by Gasteiger charge is 2.31. The summed E-state index contributed by atoms with van der Waals surface area (Å²) in [5, 5.41) is 12.8. The highest BCUT2D eigenvalue weighted by molar-refractivity contribution is 5.79. The first-order valence-corrected chi connectivity index (χ1v) is 10.4. The molecular weight excluding hydrogens is 390 g/mol. The molecule has 3 aromatic rings. The second-order valence-corrected chi connectivity index (χ2v) is 8.16.